The van der Waals surface area contributed by atoms with Gasteiger partial charge in [0.1, 0.15) is 0 Å². The lowest BCUT2D eigenvalue weighted by atomic mass is 10.2. The van der Waals surface area contributed by atoms with Gasteiger partial charge >= 0.3 is 5.97 Å². The molecule has 0 saturated heterocycles. The van der Waals surface area contributed by atoms with Crippen LogP contribution in [0.4, 0.5) is 0 Å². The summed E-state index contributed by atoms with van der Waals surface area (Å²) < 4.78 is 25.3. The van der Waals surface area contributed by atoms with E-state index in [1.165, 1.54) is 18.4 Å². The predicted molar refractivity (Wildman–Crippen MR) is 80.5 cm³/mol. The van der Waals surface area contributed by atoms with Crippen molar-refractivity contribution >= 4 is 16.0 Å². The summed E-state index contributed by atoms with van der Waals surface area (Å²) in [6, 6.07) is 6.81. The van der Waals surface area contributed by atoms with E-state index in [0.717, 1.165) is 5.56 Å². The molecule has 0 aliphatic heterocycles. The lowest BCUT2D eigenvalue weighted by Crippen LogP contribution is -2.23. The molecule has 1 aromatic carbocycles. The van der Waals surface area contributed by atoms with Gasteiger partial charge in [-0.05, 0) is 37.7 Å². The first-order chi connectivity index (χ1) is 9.73. The van der Waals surface area contributed by atoms with Crippen LogP contribution in [0.2, 0.25) is 0 Å². The van der Waals surface area contributed by atoms with E-state index in [9.17, 15) is 13.2 Å². The minimum absolute atomic E-state index is 0.138. The molecule has 0 amide bonds. The average Bonchev–Trinajstić information content (AvgIpc) is 2.38. The third-order valence-corrected chi connectivity index (χ3v) is 4.87. The van der Waals surface area contributed by atoms with Crippen molar-refractivity contribution in [1.82, 2.24) is 9.21 Å². The van der Waals surface area contributed by atoms with Crippen molar-refractivity contribution in [3.8, 4) is 0 Å². The summed E-state index contributed by atoms with van der Waals surface area (Å²) in [5.74, 6) is -0.803. The Morgan fingerprint density at radius 3 is 2.48 bits per heavy atom. The van der Waals surface area contributed by atoms with Gasteiger partial charge in [-0.3, -0.25) is 4.79 Å². The molecule has 0 bridgehead atoms. The molecular weight excluding hydrogens is 292 g/mol. The maximum Gasteiger partial charge on any atom is 0.303 e. The normalized spacial score (nSPS) is 12.0. The van der Waals surface area contributed by atoms with Gasteiger partial charge in [-0.2, -0.15) is 0 Å². The number of sulfonamides is 1. The Morgan fingerprint density at radius 1 is 1.24 bits per heavy atom. The highest BCUT2D eigenvalue weighted by Crippen LogP contribution is 2.15. The number of carboxylic acid groups (broad SMARTS) is 1. The van der Waals surface area contributed by atoms with Crippen LogP contribution in [0, 0.1) is 0 Å². The molecule has 0 heterocycles. The van der Waals surface area contributed by atoms with Crippen molar-refractivity contribution in [3.63, 3.8) is 0 Å². The Kier molecular flexibility index (Phi) is 6.32. The van der Waals surface area contributed by atoms with Crippen LogP contribution in [-0.2, 0) is 21.4 Å². The molecular formula is C14H22N2O4S. The molecule has 0 unspecified atom stereocenters. The number of benzene rings is 1. The van der Waals surface area contributed by atoms with E-state index < -0.39 is 16.0 Å². The summed E-state index contributed by atoms with van der Waals surface area (Å²) in [6.07, 6.45) is 0.709. The van der Waals surface area contributed by atoms with Gasteiger partial charge in [-0.15, -0.1) is 0 Å². The van der Waals surface area contributed by atoms with Gasteiger partial charge in [0.05, 0.1) is 4.90 Å². The number of hydrogen-bond acceptors (Lipinski definition) is 4. The fourth-order valence-corrected chi connectivity index (χ4v) is 2.88. The van der Waals surface area contributed by atoms with Crippen LogP contribution in [0.1, 0.15) is 18.4 Å². The Morgan fingerprint density at radius 2 is 1.90 bits per heavy atom. The zero-order chi connectivity index (χ0) is 16.0. The van der Waals surface area contributed by atoms with Crippen molar-refractivity contribution < 1.29 is 18.3 Å². The molecule has 21 heavy (non-hydrogen) atoms. The number of rotatable bonds is 8. The van der Waals surface area contributed by atoms with Gasteiger partial charge in [-0.25, -0.2) is 12.7 Å². The minimum atomic E-state index is -3.43. The molecule has 1 rings (SSSR count). The smallest absolute Gasteiger partial charge is 0.303 e. The number of hydrogen-bond donors (Lipinski definition) is 1. The van der Waals surface area contributed by atoms with Crippen LogP contribution in [0.5, 0.6) is 0 Å². The van der Waals surface area contributed by atoms with Gasteiger partial charge in [0.25, 0.3) is 0 Å². The molecule has 0 aromatic heterocycles. The van der Waals surface area contributed by atoms with Crippen molar-refractivity contribution in [3.05, 3.63) is 29.8 Å². The van der Waals surface area contributed by atoms with Crippen LogP contribution in [0.25, 0.3) is 0 Å². The second-order valence-electron chi connectivity index (χ2n) is 5.17. The Hall–Kier alpha value is -1.44. The largest absolute Gasteiger partial charge is 0.481 e. The summed E-state index contributed by atoms with van der Waals surface area (Å²) in [7, 11) is 1.46. The molecule has 0 saturated carbocycles. The summed E-state index contributed by atoms with van der Waals surface area (Å²) in [5, 5.41) is 8.60. The molecule has 1 N–H and O–H groups in total. The molecule has 0 fully saturated rings. The molecule has 1 aromatic rings. The Bertz CT molecular complexity index is 584. The van der Waals surface area contributed by atoms with Crippen molar-refractivity contribution in [2.45, 2.75) is 24.3 Å². The first-order valence-electron chi connectivity index (χ1n) is 6.65. The molecule has 0 radical (unpaired) electrons. The SMILES string of the molecule is CN(CCCC(=O)O)Cc1cccc(S(=O)(=O)N(C)C)c1. The lowest BCUT2D eigenvalue weighted by Gasteiger charge is -2.17. The third-order valence-electron chi connectivity index (χ3n) is 3.06. The fraction of sp³-hybridized carbons (Fsp3) is 0.500. The zero-order valence-electron chi connectivity index (χ0n) is 12.6. The topological polar surface area (TPSA) is 77.9 Å². The van der Waals surface area contributed by atoms with Gasteiger partial charge in [0.15, 0.2) is 0 Å². The van der Waals surface area contributed by atoms with E-state index in [4.69, 9.17) is 5.11 Å². The van der Waals surface area contributed by atoms with Crippen LogP contribution < -0.4 is 0 Å². The van der Waals surface area contributed by atoms with Crippen molar-refractivity contribution in [2.75, 3.05) is 27.7 Å². The van der Waals surface area contributed by atoms with Crippen LogP contribution in [0.15, 0.2) is 29.2 Å². The van der Waals surface area contributed by atoms with E-state index >= 15 is 0 Å². The summed E-state index contributed by atoms with van der Waals surface area (Å²) in [6.45, 7) is 1.23. The van der Waals surface area contributed by atoms with E-state index in [-0.39, 0.29) is 11.3 Å². The van der Waals surface area contributed by atoms with Crippen molar-refractivity contribution in [1.29, 1.82) is 0 Å². The van der Waals surface area contributed by atoms with Gasteiger partial charge < -0.3 is 10.0 Å². The minimum Gasteiger partial charge on any atom is -0.481 e. The maximum atomic E-state index is 12.1. The first-order valence-corrected chi connectivity index (χ1v) is 8.09. The van der Waals surface area contributed by atoms with Gasteiger partial charge in [-0.1, -0.05) is 12.1 Å². The number of carbonyl (C=O) groups is 1. The standard InChI is InChI=1S/C14H22N2O4S/c1-15(2)21(19,20)13-7-4-6-12(10-13)11-16(3)9-5-8-14(17)18/h4,6-7,10H,5,8-9,11H2,1-3H3,(H,17,18). The molecule has 0 aliphatic rings. The van der Waals surface area contributed by atoms with E-state index in [2.05, 4.69) is 0 Å². The highest BCUT2D eigenvalue weighted by atomic mass is 32.2. The molecule has 118 valence electrons. The molecule has 0 spiro atoms. The second kappa shape index (κ2) is 7.53. The summed E-state index contributed by atoms with van der Waals surface area (Å²) in [4.78, 5) is 12.7. The average molecular weight is 314 g/mol. The fourth-order valence-electron chi connectivity index (χ4n) is 1.91. The third kappa shape index (κ3) is 5.45. The second-order valence-corrected chi connectivity index (χ2v) is 7.32. The van der Waals surface area contributed by atoms with E-state index in [1.807, 2.05) is 18.0 Å². The number of carboxylic acids is 1. The molecule has 0 aliphatic carbocycles. The van der Waals surface area contributed by atoms with Crippen LogP contribution in [-0.4, -0.2) is 56.4 Å². The molecule has 0 atom stereocenters. The van der Waals surface area contributed by atoms with E-state index in [1.54, 1.807) is 18.2 Å². The highest BCUT2D eigenvalue weighted by molar-refractivity contribution is 7.89. The van der Waals surface area contributed by atoms with Crippen LogP contribution in [0.3, 0.4) is 0 Å². The quantitative estimate of drug-likeness (QED) is 0.781. The van der Waals surface area contributed by atoms with Crippen molar-refractivity contribution in [2.24, 2.45) is 0 Å². The Labute approximate surface area is 126 Å². The summed E-state index contributed by atoms with van der Waals surface area (Å²) in [5.41, 5.74) is 0.885. The first kappa shape index (κ1) is 17.6. The van der Waals surface area contributed by atoms with Gasteiger partial charge in [0.2, 0.25) is 10.0 Å². The van der Waals surface area contributed by atoms with Crippen LogP contribution >= 0.6 is 0 Å². The maximum absolute atomic E-state index is 12.1. The van der Waals surface area contributed by atoms with E-state index in [0.29, 0.717) is 19.5 Å². The summed E-state index contributed by atoms with van der Waals surface area (Å²) >= 11 is 0. The molecule has 6 nitrogen and oxygen atoms in total. The highest BCUT2D eigenvalue weighted by Gasteiger charge is 2.17. The predicted octanol–water partition coefficient (Wildman–Crippen LogP) is 1.23. The number of nitrogens with zero attached hydrogens (tertiary/aromatic N) is 2. The lowest BCUT2D eigenvalue weighted by molar-refractivity contribution is -0.137. The molecule has 7 heteroatoms. The van der Waals surface area contributed by atoms with Gasteiger partial charge in [0, 0.05) is 27.1 Å². The zero-order valence-corrected chi connectivity index (χ0v) is 13.4. The Balaban J connectivity index is 2.71. The number of aliphatic carboxylic acids is 1. The monoisotopic (exact) mass is 314 g/mol.